The highest BCUT2D eigenvalue weighted by Crippen LogP contribution is 2.11. The van der Waals surface area contributed by atoms with Gasteiger partial charge >= 0.3 is 0 Å². The van der Waals surface area contributed by atoms with Crippen LogP contribution in [0.1, 0.15) is 20.7 Å². The molecule has 0 bridgehead atoms. The molecule has 0 fully saturated rings. The summed E-state index contributed by atoms with van der Waals surface area (Å²) in [7, 11) is -3.91. The number of carbonyl (C=O) groups is 2. The Kier molecular flexibility index (Phi) is 4.63. The molecule has 0 aromatic heterocycles. The number of nitrogen functional groups attached to an aromatic ring is 1. The third kappa shape index (κ3) is 4.05. The highest BCUT2D eigenvalue weighted by molar-refractivity contribution is 7.89. The van der Waals surface area contributed by atoms with Crippen LogP contribution in [0, 0.1) is 0 Å². The Morgan fingerprint density at radius 2 is 1.39 bits per heavy atom. The lowest BCUT2D eigenvalue weighted by molar-refractivity contribution is 0.0943. The van der Waals surface area contributed by atoms with Crippen molar-refractivity contribution < 1.29 is 18.0 Å². The standard InChI is InChI=1S/C14H14N4O4S/c15-11-5-7-12(8-6-11)23(21,22)18-17-14(20)10-3-1-9(2-4-10)13(16)19/h1-8,18H,15H2,(H2,16,19)(H,17,20). The minimum Gasteiger partial charge on any atom is -0.399 e. The zero-order chi connectivity index (χ0) is 17.0. The van der Waals surface area contributed by atoms with Crippen LogP contribution in [0.25, 0.3) is 0 Å². The van der Waals surface area contributed by atoms with E-state index in [0.29, 0.717) is 5.69 Å². The fourth-order valence-electron chi connectivity index (χ4n) is 1.68. The van der Waals surface area contributed by atoms with Gasteiger partial charge in [0.15, 0.2) is 0 Å². The summed E-state index contributed by atoms with van der Waals surface area (Å²) in [5.41, 5.74) is 13.5. The molecule has 0 aliphatic rings. The van der Waals surface area contributed by atoms with Gasteiger partial charge in [-0.3, -0.25) is 15.0 Å². The average Bonchev–Trinajstić information content (AvgIpc) is 2.53. The van der Waals surface area contributed by atoms with E-state index in [1.807, 2.05) is 4.83 Å². The Labute approximate surface area is 132 Å². The highest BCUT2D eigenvalue weighted by atomic mass is 32.2. The zero-order valence-corrected chi connectivity index (χ0v) is 12.6. The number of hydrogen-bond acceptors (Lipinski definition) is 5. The van der Waals surface area contributed by atoms with Gasteiger partial charge in [0.25, 0.3) is 15.9 Å². The Morgan fingerprint density at radius 3 is 1.91 bits per heavy atom. The second kappa shape index (κ2) is 6.46. The van der Waals surface area contributed by atoms with Crippen LogP contribution in [-0.2, 0) is 10.0 Å². The van der Waals surface area contributed by atoms with Gasteiger partial charge in [0, 0.05) is 16.8 Å². The monoisotopic (exact) mass is 334 g/mol. The summed E-state index contributed by atoms with van der Waals surface area (Å²) in [4.78, 5) is 24.8. The molecule has 0 spiro atoms. The second-order valence-electron chi connectivity index (χ2n) is 4.57. The molecule has 23 heavy (non-hydrogen) atoms. The molecular formula is C14H14N4O4S. The number of amides is 2. The Bertz CT molecular complexity index is 830. The van der Waals surface area contributed by atoms with Crippen molar-refractivity contribution in [2.75, 3.05) is 5.73 Å². The van der Waals surface area contributed by atoms with Crippen LogP contribution in [0.3, 0.4) is 0 Å². The average molecular weight is 334 g/mol. The van der Waals surface area contributed by atoms with E-state index in [0.717, 1.165) is 0 Å². The minimum atomic E-state index is -3.91. The van der Waals surface area contributed by atoms with Crippen molar-refractivity contribution in [2.45, 2.75) is 4.90 Å². The van der Waals surface area contributed by atoms with Gasteiger partial charge in [0.1, 0.15) is 0 Å². The number of carbonyl (C=O) groups excluding carboxylic acids is 2. The molecule has 0 radical (unpaired) electrons. The Hall–Kier alpha value is -2.91. The molecule has 0 aliphatic heterocycles. The second-order valence-corrected chi connectivity index (χ2v) is 6.25. The smallest absolute Gasteiger partial charge is 0.266 e. The topological polar surface area (TPSA) is 144 Å². The molecule has 2 rings (SSSR count). The predicted molar refractivity (Wildman–Crippen MR) is 83.6 cm³/mol. The summed E-state index contributed by atoms with van der Waals surface area (Å²) >= 11 is 0. The lowest BCUT2D eigenvalue weighted by Crippen LogP contribution is -2.41. The van der Waals surface area contributed by atoms with Crippen LogP contribution < -0.4 is 21.7 Å². The van der Waals surface area contributed by atoms with E-state index >= 15 is 0 Å². The number of primary amides is 1. The van der Waals surface area contributed by atoms with Crippen molar-refractivity contribution >= 4 is 27.5 Å². The van der Waals surface area contributed by atoms with Gasteiger partial charge in [0.05, 0.1) is 4.90 Å². The first-order valence-electron chi connectivity index (χ1n) is 6.37. The molecule has 0 atom stereocenters. The van der Waals surface area contributed by atoms with Gasteiger partial charge in [-0.2, -0.15) is 0 Å². The highest BCUT2D eigenvalue weighted by Gasteiger charge is 2.15. The van der Waals surface area contributed by atoms with Crippen LogP contribution in [0.2, 0.25) is 0 Å². The summed E-state index contributed by atoms with van der Waals surface area (Å²) in [5.74, 6) is -1.30. The largest absolute Gasteiger partial charge is 0.399 e. The van der Waals surface area contributed by atoms with Crippen LogP contribution in [0.5, 0.6) is 0 Å². The first-order chi connectivity index (χ1) is 10.8. The van der Waals surface area contributed by atoms with E-state index in [2.05, 4.69) is 5.43 Å². The van der Waals surface area contributed by atoms with E-state index < -0.39 is 21.8 Å². The Morgan fingerprint density at radius 1 is 0.870 bits per heavy atom. The number of nitrogens with one attached hydrogen (secondary N) is 2. The summed E-state index contributed by atoms with van der Waals surface area (Å²) in [6, 6.07) is 10.9. The summed E-state index contributed by atoms with van der Waals surface area (Å²) in [5, 5.41) is 0. The maximum Gasteiger partial charge on any atom is 0.266 e. The van der Waals surface area contributed by atoms with Crippen molar-refractivity contribution in [3.05, 3.63) is 59.7 Å². The number of hydrazine groups is 1. The number of anilines is 1. The SMILES string of the molecule is NC(=O)c1ccc(C(=O)NNS(=O)(=O)c2ccc(N)cc2)cc1. The van der Waals surface area contributed by atoms with Gasteiger partial charge < -0.3 is 11.5 Å². The van der Waals surface area contributed by atoms with Crippen molar-refractivity contribution in [2.24, 2.45) is 5.73 Å². The van der Waals surface area contributed by atoms with Crippen LogP contribution in [0.4, 0.5) is 5.69 Å². The lowest BCUT2D eigenvalue weighted by atomic mass is 10.1. The van der Waals surface area contributed by atoms with Gasteiger partial charge in [0.2, 0.25) is 5.91 Å². The van der Waals surface area contributed by atoms with E-state index in [1.54, 1.807) is 0 Å². The van der Waals surface area contributed by atoms with Gasteiger partial charge in [-0.25, -0.2) is 8.42 Å². The molecule has 2 aromatic carbocycles. The number of hydrogen-bond donors (Lipinski definition) is 4. The van der Waals surface area contributed by atoms with Gasteiger partial charge in [-0.1, -0.05) is 0 Å². The third-order valence-corrected chi connectivity index (χ3v) is 4.18. The molecule has 0 aliphatic carbocycles. The van der Waals surface area contributed by atoms with Crippen molar-refractivity contribution in [1.29, 1.82) is 0 Å². The molecule has 120 valence electrons. The van der Waals surface area contributed by atoms with Gasteiger partial charge in [-0.05, 0) is 48.5 Å². The molecule has 9 heteroatoms. The molecule has 8 nitrogen and oxygen atoms in total. The van der Waals surface area contributed by atoms with Crippen molar-refractivity contribution in [3.8, 4) is 0 Å². The number of benzene rings is 2. The molecule has 0 saturated carbocycles. The van der Waals surface area contributed by atoms with E-state index in [9.17, 15) is 18.0 Å². The van der Waals surface area contributed by atoms with Crippen LogP contribution in [-0.4, -0.2) is 20.2 Å². The normalized spacial score (nSPS) is 11.0. The third-order valence-electron chi connectivity index (χ3n) is 2.92. The summed E-state index contributed by atoms with van der Waals surface area (Å²) in [6.45, 7) is 0. The quantitative estimate of drug-likeness (QED) is 0.449. The first-order valence-corrected chi connectivity index (χ1v) is 7.85. The molecule has 2 aromatic rings. The first kappa shape index (κ1) is 16.5. The molecular weight excluding hydrogens is 320 g/mol. The van der Waals surface area contributed by atoms with Crippen molar-refractivity contribution in [1.82, 2.24) is 10.3 Å². The molecule has 0 saturated heterocycles. The summed E-state index contributed by atoms with van der Waals surface area (Å²) < 4.78 is 24.0. The molecule has 0 heterocycles. The maximum atomic E-state index is 12.0. The summed E-state index contributed by atoms with van der Waals surface area (Å²) in [6.07, 6.45) is 0. The minimum absolute atomic E-state index is 0.0453. The van der Waals surface area contributed by atoms with Crippen LogP contribution >= 0.6 is 0 Å². The number of rotatable bonds is 5. The fourth-order valence-corrected chi connectivity index (χ4v) is 2.52. The van der Waals surface area contributed by atoms with Gasteiger partial charge in [-0.15, -0.1) is 4.83 Å². The van der Waals surface area contributed by atoms with Crippen LogP contribution in [0.15, 0.2) is 53.4 Å². The van der Waals surface area contributed by atoms with E-state index in [4.69, 9.17) is 11.5 Å². The lowest BCUT2D eigenvalue weighted by Gasteiger charge is -2.09. The molecule has 2 amide bonds. The number of sulfonamides is 1. The zero-order valence-electron chi connectivity index (χ0n) is 11.8. The van der Waals surface area contributed by atoms with E-state index in [1.165, 1.54) is 48.5 Å². The van der Waals surface area contributed by atoms with Crippen molar-refractivity contribution in [3.63, 3.8) is 0 Å². The molecule has 6 N–H and O–H groups in total. The molecule has 0 unspecified atom stereocenters. The fraction of sp³-hybridized carbons (Fsp3) is 0. The number of nitrogens with two attached hydrogens (primary N) is 2. The van der Waals surface area contributed by atoms with E-state index in [-0.39, 0.29) is 16.0 Å². The Balaban J connectivity index is 2.06. The maximum absolute atomic E-state index is 12.0. The predicted octanol–water partition coefficient (Wildman–Crippen LogP) is -0.00900.